The van der Waals surface area contributed by atoms with Gasteiger partial charge in [-0.1, -0.05) is 12.1 Å². The summed E-state index contributed by atoms with van der Waals surface area (Å²) in [5.41, 5.74) is 1.14. The van der Waals surface area contributed by atoms with E-state index in [9.17, 15) is 22.8 Å². The molecule has 4 rings (SSSR count). The molecule has 160 valence electrons. The van der Waals surface area contributed by atoms with Gasteiger partial charge in [-0.3, -0.25) is 14.7 Å². The minimum absolute atomic E-state index is 0.0665. The normalized spacial score (nSPS) is 18.9. The predicted octanol–water partition coefficient (Wildman–Crippen LogP) is 2.42. The van der Waals surface area contributed by atoms with Crippen LogP contribution in [-0.2, 0) is 35.2 Å². The Kier molecular flexibility index (Phi) is 5.50. The van der Waals surface area contributed by atoms with Gasteiger partial charge in [-0.15, -0.1) is 0 Å². The molecule has 2 aromatic rings. The molecule has 1 aromatic heterocycles. The number of aromatic amines is 1. The number of carbonyl (C=O) groups is 2. The van der Waals surface area contributed by atoms with Crippen molar-refractivity contribution in [3.63, 3.8) is 0 Å². The number of rotatable bonds is 4. The lowest BCUT2D eigenvalue weighted by atomic mass is 10.0. The maximum absolute atomic E-state index is 12.8. The SMILES string of the molecule is O=C(NCc1cccc(C(F)(F)F)c1)c1n[nH]c2c1CN(C(=O)C1CCCO1)CC2. The molecule has 2 aliphatic rings. The standard InChI is InChI=1S/C20H21F3N4O3/c21-20(22,23)13-4-1-3-12(9-13)10-24-18(28)17-14-11-27(7-6-15(14)25-26-17)19(29)16-5-2-8-30-16/h1,3-4,9,16H,2,5-8,10-11H2,(H,24,28)(H,25,26). The van der Waals surface area contributed by atoms with Crippen molar-refractivity contribution < 1.29 is 27.5 Å². The summed E-state index contributed by atoms with van der Waals surface area (Å²) in [6.45, 7) is 1.27. The zero-order valence-corrected chi connectivity index (χ0v) is 16.1. The van der Waals surface area contributed by atoms with Gasteiger partial charge in [0.1, 0.15) is 6.10 Å². The van der Waals surface area contributed by atoms with Crippen molar-refractivity contribution in [2.75, 3.05) is 13.2 Å². The van der Waals surface area contributed by atoms with E-state index >= 15 is 0 Å². The fourth-order valence-electron chi connectivity index (χ4n) is 3.77. The third-order valence-electron chi connectivity index (χ3n) is 5.37. The first kappa shape index (κ1) is 20.4. The van der Waals surface area contributed by atoms with E-state index < -0.39 is 23.8 Å². The number of nitrogens with one attached hydrogen (secondary N) is 2. The van der Waals surface area contributed by atoms with Crippen LogP contribution in [0.1, 0.15) is 45.7 Å². The second-order valence-corrected chi connectivity index (χ2v) is 7.42. The Hall–Kier alpha value is -2.88. The Morgan fingerprint density at radius 3 is 2.90 bits per heavy atom. The molecule has 2 amide bonds. The van der Waals surface area contributed by atoms with Gasteiger partial charge in [0.25, 0.3) is 11.8 Å². The lowest BCUT2D eigenvalue weighted by molar-refractivity contribution is -0.142. The van der Waals surface area contributed by atoms with Gasteiger partial charge in [0, 0.05) is 43.9 Å². The number of halogens is 3. The van der Waals surface area contributed by atoms with Crippen molar-refractivity contribution >= 4 is 11.8 Å². The molecular weight excluding hydrogens is 401 g/mol. The van der Waals surface area contributed by atoms with Crippen molar-refractivity contribution in [2.45, 2.75) is 44.6 Å². The highest BCUT2D eigenvalue weighted by Gasteiger charge is 2.33. The highest BCUT2D eigenvalue weighted by atomic mass is 19.4. The number of hydrogen-bond acceptors (Lipinski definition) is 4. The third kappa shape index (κ3) is 4.18. The molecule has 10 heteroatoms. The number of amides is 2. The zero-order valence-electron chi connectivity index (χ0n) is 16.1. The average Bonchev–Trinajstić information content (AvgIpc) is 3.40. The molecule has 1 unspecified atom stereocenters. The number of aromatic nitrogens is 2. The highest BCUT2D eigenvalue weighted by molar-refractivity contribution is 5.94. The van der Waals surface area contributed by atoms with Crippen LogP contribution in [0.25, 0.3) is 0 Å². The van der Waals surface area contributed by atoms with Crippen molar-refractivity contribution in [2.24, 2.45) is 0 Å². The summed E-state index contributed by atoms with van der Waals surface area (Å²) in [4.78, 5) is 26.9. The molecule has 7 nitrogen and oxygen atoms in total. The molecule has 0 bridgehead atoms. The summed E-state index contributed by atoms with van der Waals surface area (Å²) in [5.74, 6) is -0.592. The van der Waals surface area contributed by atoms with Crippen molar-refractivity contribution in [3.8, 4) is 0 Å². The Bertz CT molecular complexity index is 951. The van der Waals surface area contributed by atoms with Gasteiger partial charge >= 0.3 is 6.18 Å². The molecule has 0 saturated carbocycles. The van der Waals surface area contributed by atoms with E-state index in [-0.39, 0.29) is 24.7 Å². The van der Waals surface area contributed by atoms with Crippen LogP contribution in [0.4, 0.5) is 13.2 Å². The largest absolute Gasteiger partial charge is 0.416 e. The second kappa shape index (κ2) is 8.10. The molecule has 30 heavy (non-hydrogen) atoms. The number of ether oxygens (including phenoxy) is 1. The van der Waals surface area contributed by atoms with Crippen LogP contribution in [0, 0.1) is 0 Å². The van der Waals surface area contributed by atoms with E-state index in [1.807, 2.05) is 0 Å². The molecule has 1 saturated heterocycles. The minimum Gasteiger partial charge on any atom is -0.368 e. The van der Waals surface area contributed by atoms with Crippen LogP contribution in [0.15, 0.2) is 24.3 Å². The molecule has 0 aliphatic carbocycles. The van der Waals surface area contributed by atoms with E-state index in [0.29, 0.717) is 37.1 Å². The Labute approximate surface area is 170 Å². The fraction of sp³-hybridized carbons (Fsp3) is 0.450. The number of fused-ring (bicyclic) bond motifs is 1. The first-order valence-corrected chi connectivity index (χ1v) is 9.74. The van der Waals surface area contributed by atoms with Gasteiger partial charge in [-0.05, 0) is 30.5 Å². The molecule has 0 spiro atoms. The predicted molar refractivity (Wildman–Crippen MR) is 99.3 cm³/mol. The topological polar surface area (TPSA) is 87.3 Å². The zero-order chi connectivity index (χ0) is 21.3. The van der Waals surface area contributed by atoms with Crippen molar-refractivity contribution in [1.82, 2.24) is 20.4 Å². The van der Waals surface area contributed by atoms with Crippen LogP contribution in [0.3, 0.4) is 0 Å². The van der Waals surface area contributed by atoms with E-state index in [1.165, 1.54) is 12.1 Å². The summed E-state index contributed by atoms with van der Waals surface area (Å²) in [7, 11) is 0. The fourth-order valence-corrected chi connectivity index (χ4v) is 3.77. The lowest BCUT2D eigenvalue weighted by Crippen LogP contribution is -2.42. The Morgan fingerprint density at radius 2 is 2.17 bits per heavy atom. The highest BCUT2D eigenvalue weighted by Crippen LogP contribution is 2.29. The van der Waals surface area contributed by atoms with Crippen LogP contribution in [-0.4, -0.2) is 46.2 Å². The van der Waals surface area contributed by atoms with Crippen molar-refractivity contribution in [1.29, 1.82) is 0 Å². The molecule has 3 heterocycles. The van der Waals surface area contributed by atoms with Gasteiger partial charge in [-0.25, -0.2) is 0 Å². The monoisotopic (exact) mass is 422 g/mol. The Morgan fingerprint density at radius 1 is 1.33 bits per heavy atom. The van der Waals surface area contributed by atoms with E-state index in [1.54, 1.807) is 4.90 Å². The maximum atomic E-state index is 12.8. The van der Waals surface area contributed by atoms with Gasteiger partial charge in [0.15, 0.2) is 5.69 Å². The molecule has 0 radical (unpaired) electrons. The summed E-state index contributed by atoms with van der Waals surface area (Å²) >= 11 is 0. The van der Waals surface area contributed by atoms with E-state index in [0.717, 1.165) is 24.2 Å². The van der Waals surface area contributed by atoms with Gasteiger partial charge in [0.05, 0.1) is 5.56 Å². The Balaban J connectivity index is 1.43. The minimum atomic E-state index is -4.44. The third-order valence-corrected chi connectivity index (χ3v) is 5.37. The number of benzene rings is 1. The molecule has 2 aliphatic heterocycles. The summed E-state index contributed by atoms with van der Waals surface area (Å²) in [5, 5.41) is 9.52. The maximum Gasteiger partial charge on any atom is 0.416 e. The van der Waals surface area contributed by atoms with Crippen LogP contribution < -0.4 is 5.32 Å². The molecule has 1 atom stereocenters. The van der Waals surface area contributed by atoms with Gasteiger partial charge in [0.2, 0.25) is 0 Å². The molecule has 1 fully saturated rings. The quantitative estimate of drug-likeness (QED) is 0.792. The van der Waals surface area contributed by atoms with Crippen LogP contribution in [0.2, 0.25) is 0 Å². The first-order chi connectivity index (χ1) is 14.3. The first-order valence-electron chi connectivity index (χ1n) is 9.74. The summed E-state index contributed by atoms with van der Waals surface area (Å²) in [6.07, 6.45) is -2.79. The number of hydrogen-bond donors (Lipinski definition) is 2. The van der Waals surface area contributed by atoms with Crippen LogP contribution >= 0.6 is 0 Å². The van der Waals surface area contributed by atoms with Gasteiger partial charge < -0.3 is 15.0 Å². The number of alkyl halides is 3. The number of carbonyl (C=O) groups excluding carboxylic acids is 2. The van der Waals surface area contributed by atoms with E-state index in [2.05, 4.69) is 15.5 Å². The average molecular weight is 422 g/mol. The number of nitrogens with zero attached hydrogens (tertiary/aromatic N) is 2. The van der Waals surface area contributed by atoms with Crippen LogP contribution in [0.5, 0.6) is 0 Å². The number of H-pyrrole nitrogens is 1. The molecular formula is C20H21F3N4O3. The lowest BCUT2D eigenvalue weighted by Gasteiger charge is -2.29. The van der Waals surface area contributed by atoms with E-state index in [4.69, 9.17) is 4.74 Å². The summed E-state index contributed by atoms with van der Waals surface area (Å²) in [6, 6.07) is 4.80. The summed E-state index contributed by atoms with van der Waals surface area (Å²) < 4.78 is 44.0. The van der Waals surface area contributed by atoms with Gasteiger partial charge in [-0.2, -0.15) is 18.3 Å². The smallest absolute Gasteiger partial charge is 0.368 e. The second-order valence-electron chi connectivity index (χ2n) is 7.42. The molecule has 1 aromatic carbocycles. The molecule has 2 N–H and O–H groups in total. The van der Waals surface area contributed by atoms with Crippen molar-refractivity contribution in [3.05, 3.63) is 52.3 Å².